The van der Waals surface area contributed by atoms with E-state index in [0.29, 0.717) is 5.96 Å². The molecule has 3 N–H and O–H groups in total. The van der Waals surface area contributed by atoms with Crippen LogP contribution in [0.25, 0.3) is 0 Å². The van der Waals surface area contributed by atoms with E-state index in [0.717, 1.165) is 37.8 Å². The van der Waals surface area contributed by atoms with E-state index in [1.54, 1.807) is 0 Å². The van der Waals surface area contributed by atoms with E-state index >= 15 is 0 Å². The molecular weight excluding hydrogens is 316 g/mol. The van der Waals surface area contributed by atoms with Gasteiger partial charge >= 0.3 is 0 Å². The molecule has 2 amide bonds. The number of benzene rings is 1. The zero-order valence-electron chi connectivity index (χ0n) is 14.7. The van der Waals surface area contributed by atoms with Gasteiger partial charge in [0.05, 0.1) is 6.42 Å². The van der Waals surface area contributed by atoms with Gasteiger partial charge in [0, 0.05) is 11.7 Å². The lowest BCUT2D eigenvalue weighted by atomic mass is 9.95. The smallest absolute Gasteiger partial charge is 0.245 e. The first kappa shape index (κ1) is 17.5. The summed E-state index contributed by atoms with van der Waals surface area (Å²) in [5.41, 5.74) is 2.08. The number of hydrogen-bond donors (Lipinski definition) is 3. The van der Waals surface area contributed by atoms with E-state index in [4.69, 9.17) is 0 Å². The highest BCUT2D eigenvalue weighted by molar-refractivity contribution is 6.08. The van der Waals surface area contributed by atoms with Crippen LogP contribution in [0, 0.1) is 0 Å². The van der Waals surface area contributed by atoms with Crippen molar-refractivity contribution in [3.63, 3.8) is 0 Å². The zero-order valence-corrected chi connectivity index (χ0v) is 14.7. The van der Waals surface area contributed by atoms with Gasteiger partial charge in [0.1, 0.15) is 6.04 Å². The highest BCUT2D eigenvalue weighted by Gasteiger charge is 2.28. The summed E-state index contributed by atoms with van der Waals surface area (Å²) in [6.07, 6.45) is 6.65. The Morgan fingerprint density at radius 2 is 1.92 bits per heavy atom. The van der Waals surface area contributed by atoms with Gasteiger partial charge in [-0.1, -0.05) is 38.3 Å². The van der Waals surface area contributed by atoms with E-state index in [-0.39, 0.29) is 24.3 Å². The highest BCUT2D eigenvalue weighted by Crippen LogP contribution is 2.18. The normalized spacial score (nSPS) is 21.2. The monoisotopic (exact) mass is 342 g/mol. The molecule has 1 heterocycles. The lowest BCUT2D eigenvalue weighted by Gasteiger charge is -2.26. The Hall–Kier alpha value is -2.37. The molecular formula is C19H26N4O2. The molecule has 0 spiro atoms. The van der Waals surface area contributed by atoms with Gasteiger partial charge in [-0.2, -0.15) is 0 Å². The van der Waals surface area contributed by atoms with Crippen molar-refractivity contribution >= 4 is 23.5 Å². The molecule has 1 aromatic rings. The largest absolute Gasteiger partial charge is 0.351 e. The fourth-order valence-electron chi connectivity index (χ4n) is 3.31. The zero-order chi connectivity index (χ0) is 17.6. The van der Waals surface area contributed by atoms with Crippen LogP contribution < -0.4 is 16.0 Å². The molecule has 6 heteroatoms. The predicted octanol–water partition coefficient (Wildman–Crippen LogP) is 2.35. The van der Waals surface area contributed by atoms with Gasteiger partial charge in [-0.15, -0.1) is 0 Å². The molecule has 0 radical (unpaired) electrons. The van der Waals surface area contributed by atoms with Crippen molar-refractivity contribution in [2.45, 2.75) is 64.0 Å². The van der Waals surface area contributed by atoms with Gasteiger partial charge in [-0.05, 0) is 37.0 Å². The predicted molar refractivity (Wildman–Crippen MR) is 98.4 cm³/mol. The van der Waals surface area contributed by atoms with Crippen LogP contribution in [0.2, 0.25) is 0 Å². The van der Waals surface area contributed by atoms with Gasteiger partial charge in [0.15, 0.2) is 0 Å². The van der Waals surface area contributed by atoms with E-state index < -0.39 is 6.04 Å². The minimum absolute atomic E-state index is 0.0957. The second-order valence-electron chi connectivity index (χ2n) is 6.76. The fraction of sp³-hybridized carbons (Fsp3) is 0.526. The van der Waals surface area contributed by atoms with Crippen molar-refractivity contribution in [3.8, 4) is 0 Å². The molecule has 0 saturated heterocycles. The minimum Gasteiger partial charge on any atom is -0.351 e. The Labute approximate surface area is 148 Å². The van der Waals surface area contributed by atoms with Gasteiger partial charge in [-0.3, -0.25) is 14.9 Å². The first-order valence-electron chi connectivity index (χ1n) is 9.18. The summed E-state index contributed by atoms with van der Waals surface area (Å²) in [5, 5.41) is 8.85. The summed E-state index contributed by atoms with van der Waals surface area (Å²) in [5.74, 6) is -0.00172. The lowest BCUT2D eigenvalue weighted by molar-refractivity contribution is -0.128. The van der Waals surface area contributed by atoms with Crippen LogP contribution in [0.4, 0.5) is 5.69 Å². The van der Waals surface area contributed by atoms with Crippen LogP contribution in [0.15, 0.2) is 29.3 Å². The number of carbonyl (C=O) groups is 2. The summed E-state index contributed by atoms with van der Waals surface area (Å²) in [7, 11) is 0. The molecule has 0 unspecified atom stereocenters. The molecule has 1 fully saturated rings. The minimum atomic E-state index is -0.659. The number of nitrogens with one attached hydrogen (secondary N) is 3. The molecule has 6 nitrogen and oxygen atoms in total. The number of guanidine groups is 1. The van der Waals surface area contributed by atoms with Crippen LogP contribution in [0.1, 0.15) is 51.0 Å². The number of hydrogen-bond acceptors (Lipinski definition) is 4. The standard InChI is InChI=1S/C19H26N4O2/c1-2-13-8-10-15(11-9-13)21-19-22-16(12-17(24)23-19)18(25)20-14-6-4-3-5-7-14/h8-11,14,16H,2-7,12H2,1H3,(H,20,25)(H2,21,22,23,24)/t16-/m0/s1. The number of nitrogens with zero attached hydrogens (tertiary/aromatic N) is 1. The summed E-state index contributed by atoms with van der Waals surface area (Å²) in [6.45, 7) is 2.10. The van der Waals surface area contributed by atoms with E-state index in [9.17, 15) is 9.59 Å². The van der Waals surface area contributed by atoms with Crippen LogP contribution in [-0.4, -0.2) is 29.9 Å². The molecule has 1 aliphatic heterocycles. The third-order valence-electron chi connectivity index (χ3n) is 4.80. The van der Waals surface area contributed by atoms with Gasteiger partial charge in [0.2, 0.25) is 17.8 Å². The number of aliphatic imine (C=N–C) groups is 1. The van der Waals surface area contributed by atoms with E-state index in [1.807, 2.05) is 24.3 Å². The summed E-state index contributed by atoms with van der Waals surface area (Å²) < 4.78 is 0. The van der Waals surface area contributed by atoms with E-state index in [1.165, 1.54) is 12.0 Å². The molecule has 3 rings (SSSR count). The Morgan fingerprint density at radius 3 is 2.60 bits per heavy atom. The average Bonchev–Trinajstić information content (AvgIpc) is 2.63. The molecule has 1 aliphatic carbocycles. The number of aryl methyl sites for hydroxylation is 1. The number of amides is 2. The lowest BCUT2D eigenvalue weighted by Crippen LogP contribution is -2.49. The molecule has 1 atom stereocenters. The van der Waals surface area contributed by atoms with Crippen LogP contribution in [0.3, 0.4) is 0 Å². The SMILES string of the molecule is CCc1ccc(NC2=N[C@H](C(=O)NC3CCCCC3)CC(=O)N2)cc1. The van der Waals surface area contributed by atoms with Crippen molar-refractivity contribution < 1.29 is 9.59 Å². The van der Waals surface area contributed by atoms with Crippen LogP contribution >= 0.6 is 0 Å². The van der Waals surface area contributed by atoms with Crippen molar-refractivity contribution in [2.75, 3.05) is 5.32 Å². The van der Waals surface area contributed by atoms with Crippen molar-refractivity contribution in [1.82, 2.24) is 10.6 Å². The second-order valence-corrected chi connectivity index (χ2v) is 6.76. The van der Waals surface area contributed by atoms with Crippen molar-refractivity contribution in [2.24, 2.45) is 4.99 Å². The summed E-state index contributed by atoms with van der Waals surface area (Å²) in [6, 6.07) is 7.51. The molecule has 0 aromatic heterocycles. The van der Waals surface area contributed by atoms with Gasteiger partial charge < -0.3 is 10.6 Å². The second kappa shape index (κ2) is 8.14. The highest BCUT2D eigenvalue weighted by atomic mass is 16.2. The third-order valence-corrected chi connectivity index (χ3v) is 4.80. The summed E-state index contributed by atoms with van der Waals surface area (Å²) >= 11 is 0. The number of rotatable bonds is 4. The van der Waals surface area contributed by atoms with Gasteiger partial charge in [0.25, 0.3) is 0 Å². The number of anilines is 1. The molecule has 2 aliphatic rings. The maximum absolute atomic E-state index is 12.5. The molecule has 25 heavy (non-hydrogen) atoms. The maximum Gasteiger partial charge on any atom is 0.245 e. The Kier molecular flexibility index (Phi) is 5.68. The Bertz CT molecular complexity index is 648. The molecule has 1 saturated carbocycles. The van der Waals surface area contributed by atoms with E-state index in [2.05, 4.69) is 27.9 Å². The molecule has 0 bridgehead atoms. The molecule has 134 valence electrons. The van der Waals surface area contributed by atoms with Crippen LogP contribution in [-0.2, 0) is 16.0 Å². The van der Waals surface area contributed by atoms with Crippen molar-refractivity contribution in [1.29, 1.82) is 0 Å². The third kappa shape index (κ3) is 4.81. The Morgan fingerprint density at radius 1 is 1.20 bits per heavy atom. The Balaban J connectivity index is 1.64. The quantitative estimate of drug-likeness (QED) is 0.785. The molecule has 1 aromatic carbocycles. The maximum atomic E-state index is 12.5. The first-order valence-corrected chi connectivity index (χ1v) is 9.18. The first-order chi connectivity index (χ1) is 12.1. The topological polar surface area (TPSA) is 82.6 Å². The summed E-state index contributed by atoms with van der Waals surface area (Å²) in [4.78, 5) is 28.8. The van der Waals surface area contributed by atoms with Crippen LogP contribution in [0.5, 0.6) is 0 Å². The fourth-order valence-corrected chi connectivity index (χ4v) is 3.31. The van der Waals surface area contributed by atoms with Crippen molar-refractivity contribution in [3.05, 3.63) is 29.8 Å². The number of carbonyl (C=O) groups excluding carboxylic acids is 2. The average molecular weight is 342 g/mol. The van der Waals surface area contributed by atoms with Gasteiger partial charge in [-0.25, -0.2) is 4.99 Å².